The SMILES string of the molecule is CC#CCCNS(=O)(=O)c1ccc(C(=O)OC)cc1. The number of hydrogen-bond acceptors (Lipinski definition) is 4. The van der Waals surface area contributed by atoms with Crippen molar-refractivity contribution < 1.29 is 17.9 Å². The van der Waals surface area contributed by atoms with Crippen molar-refractivity contribution in [1.29, 1.82) is 0 Å². The first-order chi connectivity index (χ1) is 9.01. The van der Waals surface area contributed by atoms with E-state index in [4.69, 9.17) is 0 Å². The summed E-state index contributed by atoms with van der Waals surface area (Å²) in [5.74, 6) is 4.95. The van der Waals surface area contributed by atoms with Gasteiger partial charge in [-0.1, -0.05) is 0 Å². The fourth-order valence-electron chi connectivity index (χ4n) is 1.34. The summed E-state index contributed by atoms with van der Waals surface area (Å²) < 4.78 is 30.7. The van der Waals surface area contributed by atoms with Crippen LogP contribution < -0.4 is 4.72 Å². The van der Waals surface area contributed by atoms with E-state index in [2.05, 4.69) is 21.3 Å². The van der Waals surface area contributed by atoms with Crippen molar-refractivity contribution in [2.24, 2.45) is 0 Å². The van der Waals surface area contributed by atoms with E-state index in [-0.39, 0.29) is 11.4 Å². The molecular weight excluding hydrogens is 266 g/mol. The lowest BCUT2D eigenvalue weighted by atomic mass is 10.2. The Morgan fingerprint density at radius 3 is 2.47 bits per heavy atom. The number of rotatable bonds is 5. The molecule has 0 saturated heterocycles. The lowest BCUT2D eigenvalue weighted by Gasteiger charge is -2.05. The minimum absolute atomic E-state index is 0.101. The van der Waals surface area contributed by atoms with Crippen LogP contribution in [0.3, 0.4) is 0 Å². The highest BCUT2D eigenvalue weighted by molar-refractivity contribution is 7.89. The summed E-state index contributed by atoms with van der Waals surface area (Å²) in [5.41, 5.74) is 0.304. The second kappa shape index (κ2) is 6.92. The van der Waals surface area contributed by atoms with Crippen molar-refractivity contribution in [3.8, 4) is 11.8 Å². The Kier molecular flexibility index (Phi) is 5.55. The average molecular weight is 281 g/mol. The van der Waals surface area contributed by atoms with Crippen LogP contribution in [-0.2, 0) is 14.8 Å². The number of hydrogen-bond donors (Lipinski definition) is 1. The molecule has 0 atom stereocenters. The number of nitrogens with one attached hydrogen (secondary N) is 1. The molecule has 1 N–H and O–H groups in total. The van der Waals surface area contributed by atoms with E-state index < -0.39 is 16.0 Å². The zero-order valence-corrected chi connectivity index (χ0v) is 11.6. The van der Waals surface area contributed by atoms with Crippen LogP contribution in [0.15, 0.2) is 29.2 Å². The van der Waals surface area contributed by atoms with E-state index in [9.17, 15) is 13.2 Å². The summed E-state index contributed by atoms with van der Waals surface area (Å²) in [6.07, 6.45) is 0.454. The third-order valence-electron chi connectivity index (χ3n) is 2.30. The van der Waals surface area contributed by atoms with Gasteiger partial charge in [0.25, 0.3) is 0 Å². The molecule has 0 unspecified atom stereocenters. The van der Waals surface area contributed by atoms with Gasteiger partial charge in [-0.3, -0.25) is 0 Å². The molecule has 0 saturated carbocycles. The van der Waals surface area contributed by atoms with Crippen molar-refractivity contribution in [1.82, 2.24) is 4.72 Å². The summed E-state index contributed by atoms with van der Waals surface area (Å²) >= 11 is 0. The van der Waals surface area contributed by atoms with Crippen LogP contribution in [0.4, 0.5) is 0 Å². The van der Waals surface area contributed by atoms with Gasteiger partial charge in [0.15, 0.2) is 0 Å². The van der Waals surface area contributed by atoms with Crippen molar-refractivity contribution in [3.63, 3.8) is 0 Å². The standard InChI is InChI=1S/C13H15NO4S/c1-3-4-5-10-14-19(16,17)12-8-6-11(7-9-12)13(15)18-2/h6-9,14H,5,10H2,1-2H3. The van der Waals surface area contributed by atoms with Gasteiger partial charge < -0.3 is 4.74 Å². The van der Waals surface area contributed by atoms with Crippen LogP contribution >= 0.6 is 0 Å². The van der Waals surface area contributed by atoms with E-state index in [0.717, 1.165) is 0 Å². The summed E-state index contributed by atoms with van der Waals surface area (Å²) in [6, 6.07) is 5.54. The fraction of sp³-hybridized carbons (Fsp3) is 0.308. The van der Waals surface area contributed by atoms with Gasteiger partial charge in [0, 0.05) is 13.0 Å². The summed E-state index contributed by atoms with van der Waals surface area (Å²) in [5, 5.41) is 0. The van der Waals surface area contributed by atoms with Gasteiger partial charge in [-0.05, 0) is 31.2 Å². The number of ether oxygens (including phenoxy) is 1. The maximum absolute atomic E-state index is 11.9. The highest BCUT2D eigenvalue weighted by atomic mass is 32.2. The van der Waals surface area contributed by atoms with Crippen molar-refractivity contribution in [2.75, 3.05) is 13.7 Å². The maximum atomic E-state index is 11.9. The van der Waals surface area contributed by atoms with Crippen LogP contribution in [0.1, 0.15) is 23.7 Å². The molecule has 0 fully saturated rings. The number of esters is 1. The summed E-state index contributed by atoms with van der Waals surface area (Å²) in [7, 11) is -2.29. The molecular formula is C13H15NO4S. The van der Waals surface area contributed by atoms with Gasteiger partial charge in [0.1, 0.15) is 0 Å². The largest absolute Gasteiger partial charge is 0.465 e. The molecule has 0 aliphatic heterocycles. The molecule has 102 valence electrons. The first-order valence-electron chi connectivity index (χ1n) is 5.59. The van der Waals surface area contributed by atoms with Crippen molar-refractivity contribution in [2.45, 2.75) is 18.2 Å². The monoisotopic (exact) mass is 281 g/mol. The second-order valence-corrected chi connectivity index (χ2v) is 5.36. The normalized spacial score (nSPS) is 10.4. The molecule has 0 heterocycles. The topological polar surface area (TPSA) is 72.5 Å². The smallest absolute Gasteiger partial charge is 0.337 e. The van der Waals surface area contributed by atoms with E-state index in [1.807, 2.05) is 0 Å². The highest BCUT2D eigenvalue weighted by Crippen LogP contribution is 2.11. The van der Waals surface area contributed by atoms with Gasteiger partial charge in [-0.15, -0.1) is 11.8 Å². The Hall–Kier alpha value is -1.84. The first kappa shape index (κ1) is 15.2. The Morgan fingerprint density at radius 2 is 1.95 bits per heavy atom. The number of carbonyl (C=O) groups is 1. The van der Waals surface area contributed by atoms with Gasteiger partial charge in [-0.2, -0.15) is 0 Å². The molecule has 1 aromatic rings. The molecule has 0 aliphatic carbocycles. The molecule has 6 heteroatoms. The van der Waals surface area contributed by atoms with Gasteiger partial charge in [0.05, 0.1) is 17.6 Å². The molecule has 1 aromatic carbocycles. The Balaban J connectivity index is 2.78. The molecule has 0 spiro atoms. The number of carbonyl (C=O) groups excluding carboxylic acids is 1. The molecule has 5 nitrogen and oxygen atoms in total. The van der Waals surface area contributed by atoms with Crippen LogP contribution in [0, 0.1) is 11.8 Å². The third-order valence-corrected chi connectivity index (χ3v) is 3.78. The van der Waals surface area contributed by atoms with Gasteiger partial charge in [-0.25, -0.2) is 17.9 Å². The Morgan fingerprint density at radius 1 is 1.32 bits per heavy atom. The lowest BCUT2D eigenvalue weighted by molar-refractivity contribution is 0.0600. The van der Waals surface area contributed by atoms with Crippen molar-refractivity contribution in [3.05, 3.63) is 29.8 Å². The minimum Gasteiger partial charge on any atom is -0.465 e. The fourth-order valence-corrected chi connectivity index (χ4v) is 2.38. The summed E-state index contributed by atoms with van der Waals surface area (Å²) in [6.45, 7) is 1.95. The van der Waals surface area contributed by atoms with Crippen LogP contribution in [0.2, 0.25) is 0 Å². The predicted octanol–water partition coefficient (Wildman–Crippen LogP) is 1.16. The third kappa shape index (κ3) is 4.39. The minimum atomic E-state index is -3.56. The van der Waals surface area contributed by atoms with Crippen LogP contribution in [0.25, 0.3) is 0 Å². The van der Waals surface area contributed by atoms with E-state index in [0.29, 0.717) is 12.0 Å². The Labute approximate surface area is 113 Å². The van der Waals surface area contributed by atoms with Gasteiger partial charge >= 0.3 is 5.97 Å². The lowest BCUT2D eigenvalue weighted by Crippen LogP contribution is -2.24. The quantitative estimate of drug-likeness (QED) is 0.499. The average Bonchev–Trinajstić information content (AvgIpc) is 2.43. The molecule has 0 radical (unpaired) electrons. The zero-order chi connectivity index (χ0) is 14.3. The van der Waals surface area contributed by atoms with E-state index in [1.54, 1.807) is 6.92 Å². The summed E-state index contributed by atoms with van der Waals surface area (Å²) in [4.78, 5) is 11.3. The Bertz CT molecular complexity index is 594. The number of sulfonamides is 1. The molecule has 0 bridgehead atoms. The molecule has 1 rings (SSSR count). The van der Waals surface area contributed by atoms with E-state index >= 15 is 0 Å². The zero-order valence-electron chi connectivity index (χ0n) is 10.8. The van der Waals surface area contributed by atoms with Crippen LogP contribution in [0.5, 0.6) is 0 Å². The predicted molar refractivity (Wildman–Crippen MR) is 71.0 cm³/mol. The van der Waals surface area contributed by atoms with Crippen molar-refractivity contribution >= 4 is 16.0 Å². The highest BCUT2D eigenvalue weighted by Gasteiger charge is 2.14. The molecule has 0 aromatic heterocycles. The number of methoxy groups -OCH3 is 1. The maximum Gasteiger partial charge on any atom is 0.337 e. The molecule has 0 aliphatic rings. The molecule has 19 heavy (non-hydrogen) atoms. The first-order valence-corrected chi connectivity index (χ1v) is 7.07. The number of benzene rings is 1. The second-order valence-electron chi connectivity index (χ2n) is 3.59. The van der Waals surface area contributed by atoms with E-state index in [1.165, 1.54) is 31.4 Å². The van der Waals surface area contributed by atoms with Gasteiger partial charge in [0.2, 0.25) is 10.0 Å². The molecule has 0 amide bonds. The van der Waals surface area contributed by atoms with Crippen LogP contribution in [-0.4, -0.2) is 28.0 Å².